The number of hydrogen-bond acceptors (Lipinski definition) is 5. The normalized spacial score (nSPS) is 15.5. The second-order valence-electron chi connectivity index (χ2n) is 4.64. The van der Waals surface area contributed by atoms with E-state index in [1.165, 1.54) is 0 Å². The van der Waals surface area contributed by atoms with Crippen LogP contribution in [0, 0.1) is 0 Å². The summed E-state index contributed by atoms with van der Waals surface area (Å²) in [6.45, 7) is 2.56. The first-order chi connectivity index (χ1) is 10.0. The van der Waals surface area contributed by atoms with Gasteiger partial charge in [0.05, 0.1) is 17.5 Å². The molecule has 0 bridgehead atoms. The van der Waals surface area contributed by atoms with E-state index in [2.05, 4.69) is 15.6 Å². The highest BCUT2D eigenvalue weighted by atomic mass is 32.3. The van der Waals surface area contributed by atoms with E-state index >= 15 is 0 Å². The number of rotatable bonds is 9. The van der Waals surface area contributed by atoms with Gasteiger partial charge in [0.1, 0.15) is 5.82 Å². The number of allylic oxidation sites excluding steroid dienone is 1. The molecule has 0 fully saturated rings. The maximum Gasteiger partial charge on any atom is 0.320 e. The molecule has 0 spiro atoms. The molecule has 7 nitrogen and oxygen atoms in total. The van der Waals surface area contributed by atoms with Crippen LogP contribution in [0.25, 0.3) is 0 Å². The fraction of sp³-hybridized carbons (Fsp3) is 0.692. The van der Waals surface area contributed by atoms with Crippen LogP contribution in [0.3, 0.4) is 0 Å². The molecule has 4 N–H and O–H groups in total. The predicted molar refractivity (Wildman–Crippen MR) is 85.5 cm³/mol. The van der Waals surface area contributed by atoms with Gasteiger partial charge in [-0.15, -0.1) is 0 Å². The lowest BCUT2D eigenvalue weighted by atomic mass is 10.2. The van der Waals surface area contributed by atoms with Crippen LogP contribution in [-0.2, 0) is 4.18 Å². The van der Waals surface area contributed by atoms with Gasteiger partial charge in [-0.05, 0) is 38.7 Å². The number of urea groups is 1. The molecule has 0 atom stereocenters. The number of aliphatic imine (C=N–C) groups is 1. The standard InChI is InChI=1S/C13H25N3O4S/c1-2-20-21(18,19)11-7-3-5-10-15-13(17)16-12-8-4-6-9-14-12/h8-9,18-19H,2-7,10-11H2,1H3,(H2,15,16,17). The number of unbranched alkanes of at least 4 members (excludes halogenated alkanes) is 2. The molecule has 1 aliphatic heterocycles. The van der Waals surface area contributed by atoms with Crippen molar-refractivity contribution in [2.75, 3.05) is 18.9 Å². The highest BCUT2D eigenvalue weighted by Gasteiger charge is 2.15. The van der Waals surface area contributed by atoms with Crippen LogP contribution in [0.15, 0.2) is 16.9 Å². The van der Waals surface area contributed by atoms with Gasteiger partial charge in [-0.3, -0.25) is 9.50 Å². The minimum absolute atomic E-state index is 0.245. The number of hydrogen-bond donors (Lipinski definition) is 4. The Morgan fingerprint density at radius 1 is 1.38 bits per heavy atom. The van der Waals surface area contributed by atoms with Crippen LogP contribution in [0.5, 0.6) is 0 Å². The van der Waals surface area contributed by atoms with Gasteiger partial charge in [-0.1, -0.05) is 6.42 Å². The van der Waals surface area contributed by atoms with Gasteiger partial charge in [-0.25, -0.2) is 9.79 Å². The first-order valence-electron chi connectivity index (χ1n) is 7.21. The Bertz CT molecular complexity index is 386. The lowest BCUT2D eigenvalue weighted by Gasteiger charge is -2.25. The average molecular weight is 319 g/mol. The fourth-order valence-corrected chi connectivity index (χ4v) is 2.87. The Hall–Kier alpha value is -1.09. The second kappa shape index (κ2) is 9.78. The quantitative estimate of drug-likeness (QED) is 0.491. The second-order valence-corrected chi connectivity index (χ2v) is 6.49. The molecule has 0 aromatic carbocycles. The molecule has 1 rings (SSSR count). The van der Waals surface area contributed by atoms with Crippen molar-refractivity contribution in [3.63, 3.8) is 0 Å². The number of amides is 2. The van der Waals surface area contributed by atoms with E-state index < -0.39 is 10.9 Å². The van der Waals surface area contributed by atoms with E-state index in [0.29, 0.717) is 25.4 Å². The molecule has 1 heterocycles. The maximum atomic E-state index is 11.6. The molecule has 0 aromatic rings. The van der Waals surface area contributed by atoms with Crippen molar-refractivity contribution in [2.45, 2.75) is 39.0 Å². The topological polar surface area (TPSA) is 103 Å². The molecule has 2 amide bonds. The number of carbonyl (C=O) groups excluding carboxylic acids is 1. The van der Waals surface area contributed by atoms with E-state index in [1.807, 2.05) is 6.08 Å². The molecular weight excluding hydrogens is 294 g/mol. The van der Waals surface area contributed by atoms with Crippen LogP contribution >= 0.6 is 10.9 Å². The zero-order valence-corrected chi connectivity index (χ0v) is 13.2. The van der Waals surface area contributed by atoms with Gasteiger partial charge in [0.2, 0.25) is 0 Å². The van der Waals surface area contributed by atoms with Gasteiger partial charge in [-0.2, -0.15) is 0 Å². The van der Waals surface area contributed by atoms with Crippen molar-refractivity contribution >= 4 is 23.1 Å². The SMILES string of the molecule is CCOS(O)(O)CCCCCNC(=O)NC1=CCCC=N1. The Morgan fingerprint density at radius 2 is 2.19 bits per heavy atom. The maximum absolute atomic E-state index is 11.6. The Labute approximate surface area is 127 Å². The largest absolute Gasteiger partial charge is 0.338 e. The minimum atomic E-state index is -2.88. The van der Waals surface area contributed by atoms with Crippen molar-refractivity contribution < 1.29 is 18.1 Å². The molecular formula is C13H25N3O4S. The molecule has 0 aromatic heterocycles. The third-order valence-corrected chi connectivity index (χ3v) is 4.22. The predicted octanol–water partition coefficient (Wildman–Crippen LogP) is 2.86. The van der Waals surface area contributed by atoms with Crippen molar-refractivity contribution in [3.05, 3.63) is 11.9 Å². The zero-order valence-electron chi connectivity index (χ0n) is 12.4. The molecule has 0 radical (unpaired) electrons. The van der Waals surface area contributed by atoms with E-state index in [4.69, 9.17) is 4.18 Å². The summed E-state index contributed by atoms with van der Waals surface area (Å²) in [5, 5.41) is 5.41. The third-order valence-electron chi connectivity index (χ3n) is 2.78. The van der Waals surface area contributed by atoms with Crippen LogP contribution in [0.4, 0.5) is 4.79 Å². The van der Waals surface area contributed by atoms with Gasteiger partial charge in [0, 0.05) is 18.5 Å². The van der Waals surface area contributed by atoms with Gasteiger partial charge in [0.15, 0.2) is 0 Å². The summed E-state index contributed by atoms with van der Waals surface area (Å²) in [5.41, 5.74) is 0. The average Bonchev–Trinajstić information content (AvgIpc) is 2.43. The van der Waals surface area contributed by atoms with Crippen LogP contribution < -0.4 is 10.6 Å². The first kappa shape index (κ1) is 18.0. The Morgan fingerprint density at radius 3 is 2.86 bits per heavy atom. The van der Waals surface area contributed by atoms with Crippen LogP contribution in [-0.4, -0.2) is 40.3 Å². The fourth-order valence-electron chi connectivity index (χ4n) is 1.80. The monoisotopic (exact) mass is 319 g/mol. The summed E-state index contributed by atoms with van der Waals surface area (Å²) in [6, 6.07) is -0.265. The lowest BCUT2D eigenvalue weighted by Crippen LogP contribution is -2.35. The minimum Gasteiger partial charge on any atom is -0.338 e. The van der Waals surface area contributed by atoms with Gasteiger partial charge in [0.25, 0.3) is 0 Å². The van der Waals surface area contributed by atoms with Crippen LogP contribution in [0.1, 0.15) is 39.0 Å². The number of nitrogens with one attached hydrogen (secondary N) is 2. The molecule has 0 unspecified atom stereocenters. The van der Waals surface area contributed by atoms with E-state index in [1.54, 1.807) is 13.1 Å². The summed E-state index contributed by atoms with van der Waals surface area (Å²) in [7, 11) is -2.88. The van der Waals surface area contributed by atoms with Gasteiger partial charge >= 0.3 is 6.03 Å². The molecule has 0 aliphatic carbocycles. The van der Waals surface area contributed by atoms with Crippen LogP contribution in [0.2, 0.25) is 0 Å². The summed E-state index contributed by atoms with van der Waals surface area (Å²) >= 11 is 0. The highest BCUT2D eigenvalue weighted by Crippen LogP contribution is 2.40. The number of carbonyl (C=O) groups is 1. The highest BCUT2D eigenvalue weighted by molar-refractivity contribution is 8.20. The summed E-state index contributed by atoms with van der Waals surface area (Å²) in [4.78, 5) is 15.6. The number of nitrogens with zero attached hydrogens (tertiary/aromatic N) is 1. The zero-order chi connectivity index (χ0) is 15.6. The molecule has 8 heteroatoms. The summed E-state index contributed by atoms with van der Waals surface area (Å²) < 4.78 is 23.8. The van der Waals surface area contributed by atoms with Crippen molar-refractivity contribution in [2.24, 2.45) is 4.99 Å². The smallest absolute Gasteiger partial charge is 0.320 e. The van der Waals surface area contributed by atoms with Gasteiger partial charge < -0.3 is 14.4 Å². The van der Waals surface area contributed by atoms with Crippen molar-refractivity contribution in [1.29, 1.82) is 0 Å². The Kier molecular flexibility index (Phi) is 8.36. The van der Waals surface area contributed by atoms with Crippen molar-refractivity contribution in [3.8, 4) is 0 Å². The van der Waals surface area contributed by atoms with E-state index in [0.717, 1.165) is 25.7 Å². The third kappa shape index (κ3) is 8.71. The Balaban J connectivity index is 2.02. The lowest BCUT2D eigenvalue weighted by molar-refractivity contribution is 0.243. The first-order valence-corrected chi connectivity index (χ1v) is 8.85. The molecule has 0 saturated carbocycles. The van der Waals surface area contributed by atoms with Crippen molar-refractivity contribution in [1.82, 2.24) is 10.6 Å². The van der Waals surface area contributed by atoms with E-state index in [9.17, 15) is 13.9 Å². The summed E-state index contributed by atoms with van der Waals surface area (Å²) in [6.07, 6.45) is 7.70. The molecule has 122 valence electrons. The molecule has 21 heavy (non-hydrogen) atoms. The molecule has 1 aliphatic rings. The molecule has 0 saturated heterocycles. The summed E-state index contributed by atoms with van der Waals surface area (Å²) in [5.74, 6) is 0.832. The van der Waals surface area contributed by atoms with E-state index in [-0.39, 0.29) is 11.8 Å².